The van der Waals surface area contributed by atoms with Gasteiger partial charge in [-0.15, -0.1) is 0 Å². The molecule has 0 bridgehead atoms. The summed E-state index contributed by atoms with van der Waals surface area (Å²) in [4.78, 5) is 31.4. The van der Waals surface area contributed by atoms with Crippen LogP contribution in [0.2, 0.25) is 0 Å². The van der Waals surface area contributed by atoms with Crippen molar-refractivity contribution in [3.63, 3.8) is 0 Å². The molecule has 0 spiro atoms. The van der Waals surface area contributed by atoms with Crippen molar-refractivity contribution in [1.82, 2.24) is 29.4 Å². The summed E-state index contributed by atoms with van der Waals surface area (Å²) < 4.78 is 19.4. The topological polar surface area (TPSA) is 140 Å². The largest absolute Gasteiger partial charge is 0.497 e. The van der Waals surface area contributed by atoms with Crippen LogP contribution in [0.4, 0.5) is 10.6 Å². The number of nitrogens with two attached hydrogens (primary N) is 1. The number of carbonyl (C=O) groups excluding carboxylic acids is 1. The predicted molar refractivity (Wildman–Crippen MR) is 158 cm³/mol. The van der Waals surface area contributed by atoms with Gasteiger partial charge in [0.25, 0.3) is 5.56 Å². The number of carbonyl (C=O) groups is 1. The van der Waals surface area contributed by atoms with Crippen molar-refractivity contribution in [2.45, 2.75) is 45.3 Å². The number of methoxy groups -OCH3 is 2. The zero-order chi connectivity index (χ0) is 30.0. The minimum absolute atomic E-state index is 0.156. The van der Waals surface area contributed by atoms with Gasteiger partial charge in [0.05, 0.1) is 37.8 Å². The Morgan fingerprint density at radius 3 is 2.31 bits per heavy atom. The number of likely N-dealkylation sites (tertiary alicyclic amines) is 1. The van der Waals surface area contributed by atoms with E-state index in [1.165, 1.54) is 25.0 Å². The molecule has 1 aromatic carbocycles. The fourth-order valence-electron chi connectivity index (χ4n) is 4.82. The SMILES string of the molecule is COc1cc(OC)cc(-n2nc(-c3cc(-c4cnn(C5CCN(C(=O)OC(C)(C)C)CC5)c4)cnc3N)ccc2=O)c1. The second-order valence-electron chi connectivity index (χ2n) is 11.1. The molecule has 0 atom stereocenters. The van der Waals surface area contributed by atoms with Gasteiger partial charge in [-0.2, -0.15) is 14.9 Å². The number of rotatable bonds is 6. The number of hydrogen-bond donors (Lipinski definition) is 1. The summed E-state index contributed by atoms with van der Waals surface area (Å²) in [5.74, 6) is 1.33. The predicted octanol–water partition coefficient (Wildman–Crippen LogP) is 4.33. The van der Waals surface area contributed by atoms with Gasteiger partial charge in [-0.3, -0.25) is 9.48 Å². The third-order valence-corrected chi connectivity index (χ3v) is 7.00. The Bertz CT molecular complexity index is 1630. The first kappa shape index (κ1) is 28.7. The number of anilines is 1. The van der Waals surface area contributed by atoms with Crippen molar-refractivity contribution in [1.29, 1.82) is 0 Å². The van der Waals surface area contributed by atoms with Crippen molar-refractivity contribution in [3.05, 3.63) is 65.3 Å². The van der Waals surface area contributed by atoms with E-state index in [0.717, 1.165) is 24.0 Å². The van der Waals surface area contributed by atoms with Gasteiger partial charge in [0.1, 0.15) is 22.9 Å². The quantitative estimate of drug-likeness (QED) is 0.357. The Balaban J connectivity index is 1.38. The Hall–Kier alpha value is -4.87. The lowest BCUT2D eigenvalue weighted by Gasteiger charge is -2.33. The fraction of sp³-hybridized carbons (Fsp3) is 0.367. The monoisotopic (exact) mass is 573 g/mol. The van der Waals surface area contributed by atoms with Gasteiger partial charge in [0.2, 0.25) is 0 Å². The van der Waals surface area contributed by atoms with Crippen LogP contribution in [0.15, 0.2) is 59.8 Å². The molecule has 1 saturated heterocycles. The highest BCUT2D eigenvalue weighted by Crippen LogP contribution is 2.31. The van der Waals surface area contributed by atoms with E-state index in [1.54, 1.807) is 41.6 Å². The zero-order valence-electron chi connectivity index (χ0n) is 24.4. The maximum atomic E-state index is 12.8. The van der Waals surface area contributed by atoms with Crippen LogP contribution in [0, 0.1) is 0 Å². The van der Waals surface area contributed by atoms with Crippen LogP contribution in [0.1, 0.15) is 39.7 Å². The molecule has 0 radical (unpaired) electrons. The van der Waals surface area contributed by atoms with Crippen LogP contribution < -0.4 is 20.8 Å². The first-order valence-electron chi connectivity index (χ1n) is 13.7. The van der Waals surface area contributed by atoms with E-state index in [0.29, 0.717) is 41.5 Å². The van der Waals surface area contributed by atoms with Crippen molar-refractivity contribution in [2.75, 3.05) is 33.0 Å². The minimum Gasteiger partial charge on any atom is -0.497 e. The zero-order valence-corrected chi connectivity index (χ0v) is 24.4. The van der Waals surface area contributed by atoms with Gasteiger partial charge < -0.3 is 24.8 Å². The number of aromatic nitrogens is 5. The second-order valence-corrected chi connectivity index (χ2v) is 11.1. The van der Waals surface area contributed by atoms with Gasteiger partial charge in [-0.05, 0) is 45.7 Å². The summed E-state index contributed by atoms with van der Waals surface area (Å²) in [6, 6.07) is 10.2. The summed E-state index contributed by atoms with van der Waals surface area (Å²) in [7, 11) is 3.08. The van der Waals surface area contributed by atoms with Crippen LogP contribution in [-0.4, -0.2) is 68.4 Å². The first-order valence-corrected chi connectivity index (χ1v) is 13.7. The van der Waals surface area contributed by atoms with Crippen LogP contribution in [0.5, 0.6) is 11.5 Å². The highest BCUT2D eigenvalue weighted by molar-refractivity contribution is 5.77. The molecular weight excluding hydrogens is 538 g/mol. The van der Waals surface area contributed by atoms with Crippen molar-refractivity contribution in [2.24, 2.45) is 0 Å². The molecule has 12 heteroatoms. The molecule has 0 unspecified atom stereocenters. The van der Waals surface area contributed by atoms with Crippen molar-refractivity contribution in [3.8, 4) is 39.6 Å². The van der Waals surface area contributed by atoms with Crippen LogP contribution in [0.3, 0.4) is 0 Å². The number of amides is 1. The molecule has 4 heterocycles. The molecule has 1 aliphatic heterocycles. The van der Waals surface area contributed by atoms with E-state index in [1.807, 2.05) is 37.7 Å². The number of nitrogen functional groups attached to an aromatic ring is 1. The van der Waals surface area contributed by atoms with E-state index in [-0.39, 0.29) is 23.5 Å². The average Bonchev–Trinajstić information content (AvgIpc) is 3.47. The van der Waals surface area contributed by atoms with Crippen LogP contribution >= 0.6 is 0 Å². The lowest BCUT2D eigenvalue weighted by atomic mass is 10.0. The van der Waals surface area contributed by atoms with Gasteiger partial charge in [0.15, 0.2) is 0 Å². The molecule has 1 fully saturated rings. The highest BCUT2D eigenvalue weighted by Gasteiger charge is 2.28. The smallest absolute Gasteiger partial charge is 0.410 e. The van der Waals surface area contributed by atoms with Gasteiger partial charge in [-0.25, -0.2) is 9.78 Å². The molecule has 0 saturated carbocycles. The standard InChI is InChI=1S/C30H35N7O5/c1-30(2,3)42-29(39)35-10-8-21(9-11-35)36-18-20(17-33-36)19-12-25(28(31)32-16-19)26-6-7-27(38)37(34-26)22-13-23(40-4)15-24(14-22)41-5/h6-7,12-18,21H,8-11H2,1-5H3,(H2,31,32). The molecule has 220 valence electrons. The van der Waals surface area contributed by atoms with Crippen LogP contribution in [0.25, 0.3) is 28.1 Å². The fourth-order valence-corrected chi connectivity index (χ4v) is 4.82. The third kappa shape index (κ3) is 6.22. The van der Waals surface area contributed by atoms with E-state index in [2.05, 4.69) is 15.2 Å². The van der Waals surface area contributed by atoms with E-state index in [4.69, 9.17) is 19.9 Å². The minimum atomic E-state index is -0.522. The molecule has 1 aliphatic rings. The van der Waals surface area contributed by atoms with Crippen LogP contribution in [-0.2, 0) is 4.74 Å². The average molecular weight is 574 g/mol. The van der Waals surface area contributed by atoms with E-state index < -0.39 is 5.60 Å². The second kappa shape index (κ2) is 11.6. The molecule has 2 N–H and O–H groups in total. The lowest BCUT2D eigenvalue weighted by Crippen LogP contribution is -2.42. The summed E-state index contributed by atoms with van der Waals surface area (Å²) in [6.07, 6.45) is 6.70. The molecule has 5 rings (SSSR count). The molecule has 0 aliphatic carbocycles. The van der Waals surface area contributed by atoms with Crippen molar-refractivity contribution >= 4 is 11.9 Å². The summed E-state index contributed by atoms with van der Waals surface area (Å²) in [5, 5.41) is 9.20. The number of piperidine rings is 1. The molecule has 3 aromatic heterocycles. The molecule has 12 nitrogen and oxygen atoms in total. The maximum absolute atomic E-state index is 12.8. The highest BCUT2D eigenvalue weighted by atomic mass is 16.6. The number of nitrogens with zero attached hydrogens (tertiary/aromatic N) is 6. The molecular formula is C30H35N7O5. The van der Waals surface area contributed by atoms with Crippen molar-refractivity contribution < 1.29 is 19.0 Å². The number of benzene rings is 1. The first-order chi connectivity index (χ1) is 20.0. The Morgan fingerprint density at radius 2 is 1.67 bits per heavy atom. The number of hydrogen-bond acceptors (Lipinski definition) is 9. The number of pyridine rings is 1. The number of ether oxygens (including phenoxy) is 3. The van der Waals surface area contributed by atoms with Gasteiger partial charge in [0, 0.05) is 66.4 Å². The van der Waals surface area contributed by atoms with E-state index >= 15 is 0 Å². The molecule has 4 aromatic rings. The Morgan fingerprint density at radius 1 is 0.976 bits per heavy atom. The third-order valence-electron chi connectivity index (χ3n) is 7.00. The van der Waals surface area contributed by atoms with Gasteiger partial charge in [-0.1, -0.05) is 0 Å². The molecule has 42 heavy (non-hydrogen) atoms. The summed E-state index contributed by atoms with van der Waals surface area (Å²) in [6.45, 7) is 6.80. The Labute approximate surface area is 243 Å². The normalized spacial score (nSPS) is 14.1. The van der Waals surface area contributed by atoms with Gasteiger partial charge >= 0.3 is 6.09 Å². The summed E-state index contributed by atoms with van der Waals surface area (Å²) >= 11 is 0. The Kier molecular flexibility index (Phi) is 7.88. The molecule has 1 amide bonds. The summed E-state index contributed by atoms with van der Waals surface area (Å²) in [5.41, 5.74) is 8.64. The lowest BCUT2D eigenvalue weighted by molar-refractivity contribution is 0.0185. The maximum Gasteiger partial charge on any atom is 0.410 e. The van der Waals surface area contributed by atoms with E-state index in [9.17, 15) is 9.59 Å².